The van der Waals surface area contributed by atoms with Gasteiger partial charge in [0.05, 0.1) is 19.0 Å². The number of alkyl halides is 2. The highest BCUT2D eigenvalue weighted by Gasteiger charge is 2.30. The van der Waals surface area contributed by atoms with Crippen LogP contribution in [0.4, 0.5) is 8.78 Å². The maximum Gasteiger partial charge on any atom is 0.387 e. The van der Waals surface area contributed by atoms with E-state index in [1.54, 1.807) is 0 Å². The quantitative estimate of drug-likeness (QED) is 0.0787. The molecule has 0 radical (unpaired) electrons. The van der Waals surface area contributed by atoms with Gasteiger partial charge in [0.2, 0.25) is 10.0 Å². The number of rotatable bonds is 20. The molecule has 2 aliphatic rings. The Labute approximate surface area is 320 Å². The smallest absolute Gasteiger partial charge is 0.387 e. The normalized spacial score (nSPS) is 15.5. The Morgan fingerprint density at radius 2 is 1.64 bits per heavy atom. The van der Waals surface area contributed by atoms with Crippen molar-refractivity contribution in [1.82, 2.24) is 5.32 Å². The number of primary sulfonamides is 1. The number of pyridine rings is 1. The van der Waals surface area contributed by atoms with Crippen LogP contribution in [0, 0.1) is 17.0 Å². The second kappa shape index (κ2) is 18.2. The van der Waals surface area contributed by atoms with E-state index in [4.69, 9.17) is 42.6 Å². The molecular formula is C35H39Cl2F2N3O9S2. The Morgan fingerprint density at radius 3 is 2.23 bits per heavy atom. The van der Waals surface area contributed by atoms with E-state index in [0.29, 0.717) is 28.6 Å². The summed E-state index contributed by atoms with van der Waals surface area (Å²) in [4.78, 5) is 27.6. The number of halogens is 4. The van der Waals surface area contributed by atoms with Crippen LogP contribution in [0.3, 0.4) is 0 Å². The summed E-state index contributed by atoms with van der Waals surface area (Å²) in [6.45, 7) is -2.50. The maximum absolute atomic E-state index is 14.0. The van der Waals surface area contributed by atoms with E-state index in [9.17, 15) is 32.0 Å². The molecule has 12 nitrogen and oxygen atoms in total. The summed E-state index contributed by atoms with van der Waals surface area (Å²) in [6, 6.07) is 7.22. The number of amides is 1. The molecular weight excluding hydrogens is 779 g/mol. The second-order valence-corrected chi connectivity index (χ2v) is 16.4. The lowest BCUT2D eigenvalue weighted by atomic mass is 10.0. The van der Waals surface area contributed by atoms with E-state index >= 15 is 0 Å². The molecule has 2 aliphatic carbocycles. The van der Waals surface area contributed by atoms with Gasteiger partial charge in [-0.2, -0.15) is 25.3 Å². The van der Waals surface area contributed by atoms with E-state index in [1.807, 2.05) is 6.26 Å². The Bertz CT molecular complexity index is 1880. The van der Waals surface area contributed by atoms with Crippen LogP contribution in [0.15, 0.2) is 48.8 Å². The minimum absolute atomic E-state index is 0.00534. The second-order valence-electron chi connectivity index (χ2n) is 13.0. The maximum atomic E-state index is 14.0. The summed E-state index contributed by atoms with van der Waals surface area (Å²) in [5.74, 6) is -0.919. The zero-order chi connectivity index (χ0) is 38.3. The molecule has 2 aromatic carbocycles. The topological polar surface area (TPSA) is 170 Å². The molecule has 3 aromatic rings. The number of ether oxygens (including phenoxy) is 4. The first-order valence-corrected chi connectivity index (χ1v) is 20.6. The van der Waals surface area contributed by atoms with E-state index in [0.717, 1.165) is 38.1 Å². The predicted octanol–water partition coefficient (Wildman–Crippen LogP) is 5.97. The number of sulfonamides is 1. The number of benzene rings is 2. The van der Waals surface area contributed by atoms with Gasteiger partial charge in [-0.15, -0.1) is 0 Å². The van der Waals surface area contributed by atoms with Crippen molar-refractivity contribution in [2.45, 2.75) is 63.0 Å². The van der Waals surface area contributed by atoms with Crippen LogP contribution in [0.2, 0.25) is 10.0 Å². The fourth-order valence-corrected chi connectivity index (χ4v) is 7.01. The molecule has 288 valence electrons. The summed E-state index contributed by atoms with van der Waals surface area (Å²) < 4.78 is 73.1. The molecule has 2 atom stereocenters. The number of nitrogens with one attached hydrogen (secondary N) is 1. The van der Waals surface area contributed by atoms with Gasteiger partial charge in [0.15, 0.2) is 23.9 Å². The van der Waals surface area contributed by atoms with Crippen LogP contribution in [0.25, 0.3) is 0 Å². The Kier molecular flexibility index (Phi) is 13.9. The third kappa shape index (κ3) is 12.5. The van der Waals surface area contributed by atoms with Gasteiger partial charge in [-0.3, -0.25) is 4.79 Å². The standard InChI is InChI=1S/C35H39Cl2F2N3O9S2/c1-52-11-10-28(41-33(43)23-6-7-24(19-53(40,46)47)30(13-23)48-17-20-2-3-20)34(44)50-31(14-25-26(36)15-42(45)16-27(25)37)22-8-9-29(51-35(38)39)32(12-22)49-18-21-4-5-21/h6-9,12-13,15-16,20-21,28,31,35H,2-5,10-11,14,17-19H2,1H3,(H,41,43)(H2,40,46,47)/t28-,31-/m0/s1. The average molecular weight is 819 g/mol. The van der Waals surface area contributed by atoms with Crippen LogP contribution in [0.1, 0.15) is 65.3 Å². The molecule has 0 aliphatic heterocycles. The lowest BCUT2D eigenvalue weighted by molar-refractivity contribution is -0.605. The number of aromatic nitrogens is 1. The van der Waals surface area contributed by atoms with Crippen molar-refractivity contribution in [2.75, 3.05) is 25.2 Å². The van der Waals surface area contributed by atoms with Crippen molar-refractivity contribution < 1.29 is 50.5 Å². The lowest BCUT2D eigenvalue weighted by Gasteiger charge is -2.24. The molecule has 0 unspecified atom stereocenters. The number of carbonyl (C=O) groups is 2. The van der Waals surface area contributed by atoms with Gasteiger partial charge in [-0.1, -0.05) is 35.3 Å². The first kappa shape index (κ1) is 40.6. The van der Waals surface area contributed by atoms with E-state index in [1.165, 1.54) is 48.2 Å². The SMILES string of the molecule is CSCC[C@H](NC(=O)c1ccc(CS(N)(=O)=O)c(OCC2CC2)c1)C(=O)O[C@@H](Cc1c(Cl)c[n+]([O-])cc1Cl)c1ccc(OC(F)F)c(OCC2CC2)c1. The average Bonchev–Trinajstić information content (AvgIpc) is 4.02. The summed E-state index contributed by atoms with van der Waals surface area (Å²) in [5, 5.41) is 20.0. The van der Waals surface area contributed by atoms with Crippen LogP contribution >= 0.6 is 35.0 Å². The van der Waals surface area contributed by atoms with E-state index in [-0.39, 0.29) is 69.4 Å². The molecule has 53 heavy (non-hydrogen) atoms. The third-order valence-corrected chi connectivity index (χ3v) is 10.5. The Balaban J connectivity index is 1.43. The zero-order valence-electron chi connectivity index (χ0n) is 28.6. The van der Waals surface area contributed by atoms with Crippen LogP contribution < -0.4 is 29.4 Å². The first-order valence-electron chi connectivity index (χ1n) is 16.7. The Morgan fingerprint density at radius 1 is 1.00 bits per heavy atom. The number of hydrogen-bond donors (Lipinski definition) is 2. The zero-order valence-corrected chi connectivity index (χ0v) is 31.7. The van der Waals surface area contributed by atoms with Gasteiger partial charge < -0.3 is 29.5 Å². The van der Waals surface area contributed by atoms with Crippen molar-refractivity contribution in [1.29, 1.82) is 0 Å². The minimum Gasteiger partial charge on any atom is -0.619 e. The Hall–Kier alpha value is -3.57. The molecule has 1 aromatic heterocycles. The number of thioether (sulfide) groups is 1. The number of esters is 1. The predicted molar refractivity (Wildman–Crippen MR) is 195 cm³/mol. The number of nitrogens with zero attached hydrogens (tertiary/aromatic N) is 1. The highest BCUT2D eigenvalue weighted by Crippen LogP contribution is 2.38. The van der Waals surface area contributed by atoms with E-state index < -0.39 is 46.4 Å². The minimum atomic E-state index is -3.90. The van der Waals surface area contributed by atoms with Crippen LogP contribution in [0.5, 0.6) is 17.2 Å². The third-order valence-electron chi connectivity index (χ3n) is 8.49. The highest BCUT2D eigenvalue weighted by molar-refractivity contribution is 7.98. The molecule has 18 heteroatoms. The number of hydrogen-bond acceptors (Lipinski definition) is 10. The molecule has 1 heterocycles. The van der Waals surface area contributed by atoms with Crippen LogP contribution in [-0.4, -0.2) is 58.2 Å². The summed E-state index contributed by atoms with van der Waals surface area (Å²) >= 11 is 14.2. The molecule has 0 saturated heterocycles. The fourth-order valence-electron chi connectivity index (χ4n) is 5.27. The molecule has 0 bridgehead atoms. The van der Waals surface area contributed by atoms with Crippen molar-refractivity contribution in [3.05, 3.63) is 86.3 Å². The summed E-state index contributed by atoms with van der Waals surface area (Å²) in [5.41, 5.74) is 0.981. The first-order chi connectivity index (χ1) is 25.2. The van der Waals surface area contributed by atoms with Gasteiger partial charge in [-0.25, -0.2) is 18.4 Å². The van der Waals surface area contributed by atoms with E-state index in [2.05, 4.69) is 10.1 Å². The van der Waals surface area contributed by atoms with Crippen molar-refractivity contribution in [3.63, 3.8) is 0 Å². The lowest BCUT2D eigenvalue weighted by Crippen LogP contribution is -2.43. The number of nitrogens with two attached hydrogens (primary N) is 1. The number of carbonyl (C=O) groups excluding carboxylic acids is 2. The molecule has 1 amide bonds. The van der Waals surface area contributed by atoms with Gasteiger partial charge in [-0.05, 0) is 85.8 Å². The van der Waals surface area contributed by atoms with Gasteiger partial charge >= 0.3 is 12.6 Å². The van der Waals surface area contributed by atoms with Gasteiger partial charge in [0, 0.05) is 23.1 Å². The van der Waals surface area contributed by atoms with Crippen molar-refractivity contribution >= 4 is 56.9 Å². The molecule has 5 rings (SSSR count). The van der Waals surface area contributed by atoms with Crippen molar-refractivity contribution in [3.8, 4) is 17.2 Å². The van der Waals surface area contributed by atoms with Crippen molar-refractivity contribution in [2.24, 2.45) is 17.0 Å². The monoisotopic (exact) mass is 817 g/mol. The molecule has 2 fully saturated rings. The van der Waals surface area contributed by atoms with Crippen LogP contribution in [-0.2, 0) is 31.7 Å². The highest BCUT2D eigenvalue weighted by atomic mass is 35.5. The summed E-state index contributed by atoms with van der Waals surface area (Å²) in [7, 11) is -3.90. The molecule has 0 spiro atoms. The molecule has 2 saturated carbocycles. The fraction of sp³-hybridized carbons (Fsp3) is 0.457. The molecule has 3 N–H and O–H groups in total. The van der Waals surface area contributed by atoms with Gasteiger partial charge in [0.1, 0.15) is 27.9 Å². The largest absolute Gasteiger partial charge is 0.619 e. The summed E-state index contributed by atoms with van der Waals surface area (Å²) in [6.07, 6.45) is 6.70. The van der Waals surface area contributed by atoms with Gasteiger partial charge in [0.25, 0.3) is 5.91 Å².